The molecule has 3 N–H and O–H groups in total. The summed E-state index contributed by atoms with van der Waals surface area (Å²) in [5, 5.41) is 6.76. The Morgan fingerprint density at radius 2 is 2.43 bits per heavy atom. The van der Waals surface area contributed by atoms with Crippen LogP contribution in [0.1, 0.15) is 0 Å². The fraction of sp³-hybridized carbons (Fsp3) is 0. The van der Waals surface area contributed by atoms with E-state index in [-0.39, 0.29) is 5.17 Å². The molecular formula is C4H7N2S. The molecule has 0 aliphatic rings. The summed E-state index contributed by atoms with van der Waals surface area (Å²) >= 11 is 1.15. The van der Waals surface area contributed by atoms with Crippen LogP contribution in [0.15, 0.2) is 12.7 Å². The summed E-state index contributed by atoms with van der Waals surface area (Å²) in [5.41, 5.74) is 4.95. The molecule has 0 saturated heterocycles. The van der Waals surface area contributed by atoms with E-state index in [1.54, 1.807) is 11.8 Å². The third kappa shape index (κ3) is 5.56. The van der Waals surface area contributed by atoms with Gasteiger partial charge in [0.2, 0.25) is 0 Å². The number of nitrogens with two attached hydrogens (primary N) is 1. The van der Waals surface area contributed by atoms with Crippen LogP contribution >= 0.6 is 11.8 Å². The van der Waals surface area contributed by atoms with Gasteiger partial charge in [-0.3, -0.25) is 5.41 Å². The first-order valence-electron chi connectivity index (χ1n) is 1.72. The smallest absolute Gasteiger partial charge is 0.151 e. The van der Waals surface area contributed by atoms with Gasteiger partial charge in [0, 0.05) is 5.75 Å². The highest BCUT2D eigenvalue weighted by molar-refractivity contribution is 8.15. The molecule has 0 unspecified atom stereocenters. The Bertz CT molecular complexity index is 79.8. The van der Waals surface area contributed by atoms with Gasteiger partial charge in [0.1, 0.15) is 0 Å². The van der Waals surface area contributed by atoms with Gasteiger partial charge in [0.15, 0.2) is 5.17 Å². The summed E-state index contributed by atoms with van der Waals surface area (Å²) < 4.78 is 0. The van der Waals surface area contributed by atoms with Crippen LogP contribution in [-0.4, -0.2) is 5.17 Å². The first-order valence-corrected chi connectivity index (χ1v) is 2.60. The molecule has 0 spiro atoms. The van der Waals surface area contributed by atoms with E-state index >= 15 is 0 Å². The van der Waals surface area contributed by atoms with E-state index in [1.807, 2.05) is 0 Å². The zero-order valence-electron chi connectivity index (χ0n) is 3.85. The molecule has 0 bridgehead atoms. The molecule has 0 aliphatic carbocycles. The number of rotatable bonds is 2. The Kier molecular flexibility index (Phi) is 3.50. The normalized spacial score (nSPS) is 8.00. The van der Waals surface area contributed by atoms with Crippen molar-refractivity contribution >= 4 is 16.9 Å². The van der Waals surface area contributed by atoms with Gasteiger partial charge >= 0.3 is 0 Å². The van der Waals surface area contributed by atoms with Gasteiger partial charge < -0.3 is 5.73 Å². The predicted molar refractivity (Wildman–Crippen MR) is 34.0 cm³/mol. The van der Waals surface area contributed by atoms with Crippen LogP contribution < -0.4 is 5.73 Å². The minimum atomic E-state index is 0.0971. The molecule has 3 heteroatoms. The molecule has 0 heterocycles. The number of amidine groups is 1. The number of nitrogens with one attached hydrogen (secondary N) is 1. The molecule has 0 saturated carbocycles. The van der Waals surface area contributed by atoms with Gasteiger partial charge in [-0.1, -0.05) is 17.8 Å². The first kappa shape index (κ1) is 6.56. The molecule has 0 aromatic rings. The molecule has 0 rings (SSSR count). The van der Waals surface area contributed by atoms with Crippen molar-refractivity contribution < 1.29 is 0 Å². The molecular weight excluding hydrogens is 108 g/mol. The summed E-state index contributed by atoms with van der Waals surface area (Å²) in [6, 6.07) is 0. The van der Waals surface area contributed by atoms with Crippen LogP contribution in [0.5, 0.6) is 0 Å². The quantitative estimate of drug-likeness (QED) is 0.416. The van der Waals surface area contributed by atoms with Crippen molar-refractivity contribution in [3.05, 3.63) is 18.4 Å². The third-order valence-electron chi connectivity index (χ3n) is 0.291. The number of hydrogen-bond donors (Lipinski definition) is 2. The topological polar surface area (TPSA) is 49.9 Å². The maximum atomic E-state index is 6.66. The maximum absolute atomic E-state index is 6.66. The Hall–Kier alpha value is -0.440. The van der Waals surface area contributed by atoms with Crippen LogP contribution in [-0.2, 0) is 0 Å². The fourth-order valence-electron chi connectivity index (χ4n) is 0.121. The molecule has 0 aromatic carbocycles. The standard InChI is InChI=1S/C4H7N2S/c1-2-3-7-4(5)6/h2-3H,1H2,(H3,5,6). The Morgan fingerprint density at radius 1 is 1.86 bits per heavy atom. The summed E-state index contributed by atoms with van der Waals surface area (Å²) in [6.07, 6.45) is 1.59. The fourth-order valence-corrected chi connectivity index (χ4v) is 0.364. The molecule has 0 aromatic heterocycles. The van der Waals surface area contributed by atoms with Gasteiger partial charge in [-0.25, -0.2) is 0 Å². The molecule has 2 nitrogen and oxygen atoms in total. The first-order chi connectivity index (χ1) is 3.27. The lowest BCUT2D eigenvalue weighted by molar-refractivity contribution is 1.51. The second-order valence-corrected chi connectivity index (χ2v) is 1.80. The van der Waals surface area contributed by atoms with Crippen LogP contribution in [0, 0.1) is 11.2 Å². The number of thioether (sulfide) groups is 1. The third-order valence-corrected chi connectivity index (χ3v) is 0.874. The van der Waals surface area contributed by atoms with Crippen LogP contribution in [0.25, 0.3) is 0 Å². The molecule has 0 amide bonds. The zero-order valence-corrected chi connectivity index (χ0v) is 4.66. The highest BCUT2D eigenvalue weighted by Gasteiger charge is 1.82. The molecule has 39 valence electrons. The predicted octanol–water partition coefficient (Wildman–Crippen LogP) is 0.961. The lowest BCUT2D eigenvalue weighted by atomic mass is 10.8. The minimum Gasteiger partial charge on any atom is -0.379 e. The van der Waals surface area contributed by atoms with E-state index in [0.29, 0.717) is 0 Å². The molecule has 0 aliphatic heterocycles. The van der Waals surface area contributed by atoms with Crippen LogP contribution in [0.4, 0.5) is 0 Å². The van der Waals surface area contributed by atoms with Gasteiger partial charge in [-0.2, -0.15) is 0 Å². The lowest BCUT2D eigenvalue weighted by Gasteiger charge is -1.86. The summed E-state index contributed by atoms with van der Waals surface area (Å²) in [4.78, 5) is 0. The highest BCUT2D eigenvalue weighted by Crippen LogP contribution is 2.01. The van der Waals surface area contributed by atoms with E-state index in [2.05, 4.69) is 6.58 Å². The summed E-state index contributed by atoms with van der Waals surface area (Å²) in [6.45, 7) is 3.40. The van der Waals surface area contributed by atoms with Gasteiger partial charge in [-0.05, 0) is 0 Å². The van der Waals surface area contributed by atoms with Gasteiger partial charge in [0.05, 0.1) is 0 Å². The van der Waals surface area contributed by atoms with E-state index in [0.717, 1.165) is 11.8 Å². The molecule has 0 fully saturated rings. The van der Waals surface area contributed by atoms with Crippen molar-refractivity contribution in [2.75, 3.05) is 0 Å². The Balaban J connectivity index is 2.97. The van der Waals surface area contributed by atoms with Crippen molar-refractivity contribution in [3.8, 4) is 0 Å². The van der Waals surface area contributed by atoms with Crippen molar-refractivity contribution in [3.63, 3.8) is 0 Å². The SMILES string of the molecule is C=C[CH]SC(=N)N. The minimum absolute atomic E-state index is 0.0971. The van der Waals surface area contributed by atoms with E-state index in [9.17, 15) is 0 Å². The van der Waals surface area contributed by atoms with Crippen molar-refractivity contribution in [2.45, 2.75) is 0 Å². The second kappa shape index (κ2) is 3.74. The van der Waals surface area contributed by atoms with E-state index in [1.165, 1.54) is 0 Å². The van der Waals surface area contributed by atoms with E-state index in [4.69, 9.17) is 11.1 Å². The Morgan fingerprint density at radius 3 is 2.57 bits per heavy atom. The molecule has 7 heavy (non-hydrogen) atoms. The number of hydrogen-bond acceptors (Lipinski definition) is 2. The summed E-state index contributed by atoms with van der Waals surface area (Å²) in [5.74, 6) is 1.66. The molecule has 1 radical (unpaired) electrons. The lowest BCUT2D eigenvalue weighted by Crippen LogP contribution is -2.01. The summed E-state index contributed by atoms with van der Waals surface area (Å²) in [7, 11) is 0. The average molecular weight is 115 g/mol. The Labute approximate surface area is 47.3 Å². The average Bonchev–Trinajstić information content (AvgIpc) is 1.61. The van der Waals surface area contributed by atoms with Crippen molar-refractivity contribution in [1.82, 2.24) is 0 Å². The van der Waals surface area contributed by atoms with Crippen LogP contribution in [0.3, 0.4) is 0 Å². The molecule has 0 atom stereocenters. The van der Waals surface area contributed by atoms with E-state index < -0.39 is 0 Å². The monoisotopic (exact) mass is 115 g/mol. The van der Waals surface area contributed by atoms with Crippen molar-refractivity contribution in [2.24, 2.45) is 5.73 Å². The van der Waals surface area contributed by atoms with Gasteiger partial charge in [-0.15, -0.1) is 6.58 Å². The second-order valence-electron chi connectivity index (χ2n) is 0.854. The largest absolute Gasteiger partial charge is 0.379 e. The van der Waals surface area contributed by atoms with Crippen LogP contribution in [0.2, 0.25) is 0 Å². The zero-order chi connectivity index (χ0) is 5.70. The highest BCUT2D eigenvalue weighted by atomic mass is 32.2. The van der Waals surface area contributed by atoms with Crippen molar-refractivity contribution in [1.29, 1.82) is 5.41 Å². The maximum Gasteiger partial charge on any atom is 0.151 e. The van der Waals surface area contributed by atoms with Gasteiger partial charge in [0.25, 0.3) is 0 Å².